The maximum Gasteiger partial charge on any atom is 0.247 e. The minimum absolute atomic E-state index is 0.0537. The summed E-state index contributed by atoms with van der Waals surface area (Å²) in [7, 11) is 0. The molecule has 5 rings (SSSR count). The lowest BCUT2D eigenvalue weighted by molar-refractivity contribution is -0.148. The molecule has 0 aliphatic carbocycles. The van der Waals surface area contributed by atoms with Crippen LogP contribution in [0.1, 0.15) is 37.8 Å². The standard InChI is InChI=1S/C25H27N3O3/c1-15(2)11-12-25-14-21-22(30)26-20(13-16-7-9-17(29)10-8-16)23(31)28(21)24(25)27-19-6-4-3-5-18(19)25/h3-11,20-21,24,27,29H,12-14H2,1-2H3,(H,26,30)/t20-,21-,24-,25-/m0/s1. The molecule has 0 bridgehead atoms. The Balaban J connectivity index is 1.50. The monoisotopic (exact) mass is 417 g/mol. The predicted molar refractivity (Wildman–Crippen MR) is 119 cm³/mol. The number of hydrogen-bond acceptors (Lipinski definition) is 4. The highest BCUT2D eigenvalue weighted by Crippen LogP contribution is 2.54. The van der Waals surface area contributed by atoms with Crippen LogP contribution in [0.25, 0.3) is 0 Å². The molecular formula is C25H27N3O3. The number of nitrogens with one attached hydrogen (secondary N) is 2. The third-order valence-electron chi connectivity index (χ3n) is 6.87. The molecule has 0 unspecified atom stereocenters. The number of fused-ring (bicyclic) bond motifs is 5. The fourth-order valence-electron chi connectivity index (χ4n) is 5.36. The highest BCUT2D eigenvalue weighted by molar-refractivity contribution is 5.99. The fraction of sp³-hybridized carbons (Fsp3) is 0.360. The highest BCUT2D eigenvalue weighted by Gasteiger charge is 2.62. The number of piperazine rings is 1. The molecule has 3 heterocycles. The van der Waals surface area contributed by atoms with E-state index in [9.17, 15) is 14.7 Å². The van der Waals surface area contributed by atoms with Crippen molar-refractivity contribution in [1.29, 1.82) is 0 Å². The molecule has 2 saturated heterocycles. The first-order chi connectivity index (χ1) is 14.9. The van der Waals surface area contributed by atoms with E-state index in [1.807, 2.05) is 12.1 Å². The number of anilines is 1. The maximum absolute atomic E-state index is 13.6. The van der Waals surface area contributed by atoms with Gasteiger partial charge in [-0.1, -0.05) is 42.0 Å². The van der Waals surface area contributed by atoms with Crippen molar-refractivity contribution in [3.05, 3.63) is 71.3 Å². The van der Waals surface area contributed by atoms with E-state index in [0.29, 0.717) is 12.8 Å². The molecule has 0 radical (unpaired) electrons. The second-order valence-corrected chi connectivity index (χ2v) is 9.13. The molecule has 160 valence electrons. The van der Waals surface area contributed by atoms with Gasteiger partial charge >= 0.3 is 0 Å². The lowest BCUT2D eigenvalue weighted by Gasteiger charge is -2.38. The third-order valence-corrected chi connectivity index (χ3v) is 6.87. The Hall–Kier alpha value is -3.28. The molecule has 4 atom stereocenters. The molecule has 3 aliphatic rings. The van der Waals surface area contributed by atoms with Gasteiger partial charge < -0.3 is 20.6 Å². The Morgan fingerprint density at radius 2 is 1.87 bits per heavy atom. The van der Waals surface area contributed by atoms with Crippen molar-refractivity contribution in [2.45, 2.75) is 56.8 Å². The fourth-order valence-corrected chi connectivity index (χ4v) is 5.36. The van der Waals surface area contributed by atoms with E-state index in [2.05, 4.69) is 42.7 Å². The average molecular weight is 418 g/mol. The summed E-state index contributed by atoms with van der Waals surface area (Å²) in [6.45, 7) is 4.15. The zero-order valence-corrected chi connectivity index (χ0v) is 17.8. The first kappa shape index (κ1) is 19.7. The lowest BCUT2D eigenvalue weighted by Crippen LogP contribution is -2.64. The Kier molecular flexibility index (Phi) is 4.54. The van der Waals surface area contributed by atoms with Crippen LogP contribution in [0, 0.1) is 0 Å². The van der Waals surface area contributed by atoms with Crippen molar-refractivity contribution in [3.63, 3.8) is 0 Å². The van der Waals surface area contributed by atoms with Crippen LogP contribution >= 0.6 is 0 Å². The van der Waals surface area contributed by atoms with Crippen LogP contribution in [0.3, 0.4) is 0 Å². The number of nitrogens with zero attached hydrogens (tertiary/aromatic N) is 1. The molecule has 2 fully saturated rings. The largest absolute Gasteiger partial charge is 0.508 e. The topological polar surface area (TPSA) is 81.7 Å². The molecule has 3 N–H and O–H groups in total. The molecule has 3 aliphatic heterocycles. The molecule has 2 aromatic rings. The van der Waals surface area contributed by atoms with E-state index in [-0.39, 0.29) is 29.1 Å². The number of carbonyl (C=O) groups is 2. The number of aromatic hydroxyl groups is 1. The Morgan fingerprint density at radius 1 is 1.13 bits per heavy atom. The van der Waals surface area contributed by atoms with Gasteiger partial charge in [-0.05, 0) is 56.0 Å². The summed E-state index contributed by atoms with van der Waals surface area (Å²) in [6.07, 6.45) is 3.75. The summed E-state index contributed by atoms with van der Waals surface area (Å²) in [5.74, 6) is 0.0371. The number of allylic oxidation sites excluding steroid dienone is 2. The van der Waals surface area contributed by atoms with Gasteiger partial charge in [-0.3, -0.25) is 9.59 Å². The van der Waals surface area contributed by atoms with Crippen LogP contribution in [0.4, 0.5) is 5.69 Å². The summed E-state index contributed by atoms with van der Waals surface area (Å²) >= 11 is 0. The molecule has 0 saturated carbocycles. The minimum Gasteiger partial charge on any atom is -0.508 e. The normalized spacial score (nSPS) is 28.3. The van der Waals surface area contributed by atoms with Gasteiger partial charge in [0.25, 0.3) is 0 Å². The zero-order valence-electron chi connectivity index (χ0n) is 17.8. The Bertz CT molecular complexity index is 1070. The number of rotatable bonds is 4. The van der Waals surface area contributed by atoms with Crippen molar-refractivity contribution < 1.29 is 14.7 Å². The van der Waals surface area contributed by atoms with Crippen LogP contribution in [-0.4, -0.2) is 40.1 Å². The molecular weight excluding hydrogens is 390 g/mol. The van der Waals surface area contributed by atoms with Crippen molar-refractivity contribution >= 4 is 17.5 Å². The minimum atomic E-state index is -0.613. The lowest BCUT2D eigenvalue weighted by atomic mass is 9.75. The van der Waals surface area contributed by atoms with E-state index in [4.69, 9.17) is 0 Å². The Labute approximate surface area is 182 Å². The van der Waals surface area contributed by atoms with Gasteiger partial charge in [-0.2, -0.15) is 0 Å². The van der Waals surface area contributed by atoms with Crippen molar-refractivity contribution in [1.82, 2.24) is 10.2 Å². The smallest absolute Gasteiger partial charge is 0.247 e. The number of hydrogen-bond donors (Lipinski definition) is 3. The first-order valence-corrected chi connectivity index (χ1v) is 10.8. The average Bonchev–Trinajstić information content (AvgIpc) is 3.24. The molecule has 31 heavy (non-hydrogen) atoms. The number of benzene rings is 2. The SMILES string of the molecule is CC(C)=CC[C@@]12C[C@H]3C(=O)N[C@@H](Cc4ccc(O)cc4)C(=O)N3[C@@H]1Nc1ccccc12. The second-order valence-electron chi connectivity index (χ2n) is 9.13. The third kappa shape index (κ3) is 3.09. The highest BCUT2D eigenvalue weighted by atomic mass is 16.3. The molecule has 6 nitrogen and oxygen atoms in total. The predicted octanol–water partition coefficient (Wildman–Crippen LogP) is 3.08. The van der Waals surface area contributed by atoms with Crippen LogP contribution in [-0.2, 0) is 21.4 Å². The summed E-state index contributed by atoms with van der Waals surface area (Å²) in [5, 5.41) is 16.1. The van der Waals surface area contributed by atoms with Crippen LogP contribution < -0.4 is 10.6 Å². The number of amides is 2. The van der Waals surface area contributed by atoms with Gasteiger partial charge in [0, 0.05) is 17.5 Å². The number of phenolic OH excluding ortho intramolecular Hbond substituents is 1. The van der Waals surface area contributed by atoms with Crippen molar-refractivity contribution in [2.24, 2.45) is 0 Å². The van der Waals surface area contributed by atoms with E-state index in [1.165, 1.54) is 11.1 Å². The quantitative estimate of drug-likeness (QED) is 0.668. The van der Waals surface area contributed by atoms with Crippen LogP contribution in [0.5, 0.6) is 5.75 Å². The summed E-state index contributed by atoms with van der Waals surface area (Å²) < 4.78 is 0. The van der Waals surface area contributed by atoms with Crippen LogP contribution in [0.2, 0.25) is 0 Å². The number of carbonyl (C=O) groups excluding carboxylic acids is 2. The molecule has 2 amide bonds. The van der Waals surface area contributed by atoms with Gasteiger partial charge in [0.05, 0.1) is 0 Å². The van der Waals surface area contributed by atoms with Crippen molar-refractivity contribution in [2.75, 3.05) is 5.32 Å². The summed E-state index contributed by atoms with van der Waals surface area (Å²) in [5.41, 5.74) is 4.03. The van der Waals surface area contributed by atoms with Gasteiger partial charge in [-0.25, -0.2) is 0 Å². The first-order valence-electron chi connectivity index (χ1n) is 10.8. The molecule has 0 spiro atoms. The number of para-hydroxylation sites is 1. The molecule has 0 aromatic heterocycles. The van der Waals surface area contributed by atoms with E-state index in [1.54, 1.807) is 29.2 Å². The van der Waals surface area contributed by atoms with E-state index in [0.717, 1.165) is 17.7 Å². The van der Waals surface area contributed by atoms with Gasteiger partial charge in [0.15, 0.2) is 0 Å². The molecule has 6 heteroatoms. The maximum atomic E-state index is 13.6. The van der Waals surface area contributed by atoms with Gasteiger partial charge in [0.2, 0.25) is 11.8 Å². The summed E-state index contributed by atoms with van der Waals surface area (Å²) in [4.78, 5) is 28.5. The zero-order chi connectivity index (χ0) is 21.8. The van der Waals surface area contributed by atoms with Crippen LogP contribution in [0.15, 0.2) is 60.2 Å². The Morgan fingerprint density at radius 3 is 2.61 bits per heavy atom. The van der Waals surface area contributed by atoms with Crippen molar-refractivity contribution in [3.8, 4) is 5.75 Å². The van der Waals surface area contributed by atoms with E-state index >= 15 is 0 Å². The number of phenols is 1. The summed E-state index contributed by atoms with van der Waals surface area (Å²) in [6, 6.07) is 13.9. The van der Waals surface area contributed by atoms with E-state index < -0.39 is 12.1 Å². The second kappa shape index (κ2) is 7.15. The molecule has 2 aromatic carbocycles. The van der Waals surface area contributed by atoms with Gasteiger partial charge in [0.1, 0.15) is 24.0 Å². The van der Waals surface area contributed by atoms with Gasteiger partial charge in [-0.15, -0.1) is 0 Å².